The SMILES string of the molecule is O=C(Oc1cccc(C=NNc2nc(N3CCCCC3)nc(N3CCCCC3)n2)c1)c1cc([N+](=O)[O-])cc([N+](=O)[O-])c1. The van der Waals surface area contributed by atoms with E-state index < -0.39 is 27.2 Å². The number of piperidine rings is 2. The molecule has 2 saturated heterocycles. The lowest BCUT2D eigenvalue weighted by atomic mass is 10.1. The fraction of sp³-hybridized carbons (Fsp3) is 0.370. The summed E-state index contributed by atoms with van der Waals surface area (Å²) in [6, 6.07) is 9.03. The summed E-state index contributed by atoms with van der Waals surface area (Å²) in [5.74, 6) is 0.710. The average Bonchev–Trinajstić information content (AvgIpc) is 3.01. The summed E-state index contributed by atoms with van der Waals surface area (Å²) in [4.78, 5) is 51.6. The van der Waals surface area contributed by atoms with Crippen LogP contribution in [-0.4, -0.2) is 63.2 Å². The molecule has 42 heavy (non-hydrogen) atoms. The average molecular weight is 576 g/mol. The van der Waals surface area contributed by atoms with Crippen LogP contribution in [0.2, 0.25) is 0 Å². The third kappa shape index (κ3) is 7.10. The zero-order valence-electron chi connectivity index (χ0n) is 22.7. The van der Waals surface area contributed by atoms with Gasteiger partial charge in [-0.1, -0.05) is 12.1 Å². The Morgan fingerprint density at radius 1 is 0.833 bits per heavy atom. The van der Waals surface area contributed by atoms with Gasteiger partial charge in [0.05, 0.1) is 27.7 Å². The molecule has 3 heterocycles. The molecule has 218 valence electrons. The fourth-order valence-electron chi connectivity index (χ4n) is 4.79. The van der Waals surface area contributed by atoms with Crippen LogP contribution in [0, 0.1) is 20.2 Å². The maximum absolute atomic E-state index is 12.7. The van der Waals surface area contributed by atoms with Gasteiger partial charge >= 0.3 is 5.97 Å². The number of nitro groups is 2. The Hall–Kier alpha value is -5.21. The molecule has 0 aliphatic carbocycles. The zero-order valence-corrected chi connectivity index (χ0v) is 22.7. The van der Waals surface area contributed by atoms with Gasteiger partial charge in [0.1, 0.15) is 5.75 Å². The molecule has 0 amide bonds. The number of hydrazone groups is 1. The highest BCUT2D eigenvalue weighted by molar-refractivity contribution is 5.93. The zero-order chi connectivity index (χ0) is 29.5. The Kier molecular flexibility index (Phi) is 8.75. The topological polar surface area (TPSA) is 182 Å². The predicted molar refractivity (Wildman–Crippen MR) is 154 cm³/mol. The number of ether oxygens (including phenoxy) is 1. The largest absolute Gasteiger partial charge is 0.423 e. The molecule has 0 unspecified atom stereocenters. The summed E-state index contributed by atoms with van der Waals surface area (Å²) < 4.78 is 5.33. The Morgan fingerprint density at radius 3 is 1.95 bits per heavy atom. The summed E-state index contributed by atoms with van der Waals surface area (Å²) in [6.45, 7) is 3.56. The highest BCUT2D eigenvalue weighted by Crippen LogP contribution is 2.25. The number of hydrogen-bond donors (Lipinski definition) is 1. The van der Waals surface area contributed by atoms with Gasteiger partial charge in [0.15, 0.2) is 0 Å². The van der Waals surface area contributed by atoms with Crippen LogP contribution in [0.5, 0.6) is 5.75 Å². The van der Waals surface area contributed by atoms with Crippen LogP contribution in [0.4, 0.5) is 29.2 Å². The second kappa shape index (κ2) is 13.0. The number of carbonyl (C=O) groups is 1. The van der Waals surface area contributed by atoms with E-state index >= 15 is 0 Å². The Bertz CT molecular complexity index is 1430. The molecule has 15 nitrogen and oxygen atoms in total. The molecular formula is C27H29N9O6. The molecule has 1 N–H and O–H groups in total. The Labute approximate surface area is 240 Å². The van der Waals surface area contributed by atoms with E-state index in [1.807, 2.05) is 0 Å². The van der Waals surface area contributed by atoms with E-state index in [0.29, 0.717) is 23.4 Å². The first kappa shape index (κ1) is 28.3. The molecule has 0 bridgehead atoms. The standard InChI is InChI=1S/C27H29N9O6/c37-24(20-15-21(35(38)39)17-22(16-20)36(40)41)42-23-9-7-8-19(14-23)18-28-32-25-29-26(33-10-3-1-4-11-33)31-27(30-25)34-12-5-2-6-13-34/h7-9,14-18H,1-6,10-13H2,(H,29,30,31,32). The van der Waals surface area contributed by atoms with Gasteiger partial charge in [-0.25, -0.2) is 10.2 Å². The van der Waals surface area contributed by atoms with Crippen LogP contribution in [0.25, 0.3) is 0 Å². The molecule has 0 saturated carbocycles. The first-order valence-corrected chi connectivity index (χ1v) is 13.7. The number of rotatable bonds is 9. The molecule has 0 atom stereocenters. The molecule has 2 aromatic carbocycles. The van der Waals surface area contributed by atoms with Crippen LogP contribution in [0.15, 0.2) is 47.6 Å². The quantitative estimate of drug-likeness (QED) is 0.125. The third-order valence-corrected chi connectivity index (χ3v) is 6.90. The minimum Gasteiger partial charge on any atom is -0.423 e. The number of non-ortho nitro benzene ring substituents is 2. The predicted octanol–water partition coefficient (Wildman–Crippen LogP) is 4.33. The normalized spacial score (nSPS) is 15.4. The molecule has 0 spiro atoms. The van der Waals surface area contributed by atoms with Crippen molar-refractivity contribution in [3.63, 3.8) is 0 Å². The molecule has 2 aliphatic heterocycles. The number of nitrogens with one attached hydrogen (secondary N) is 1. The van der Waals surface area contributed by atoms with E-state index in [4.69, 9.17) is 9.72 Å². The van der Waals surface area contributed by atoms with Crippen LogP contribution in [-0.2, 0) is 0 Å². The van der Waals surface area contributed by atoms with Crippen molar-refractivity contribution >= 4 is 41.4 Å². The van der Waals surface area contributed by atoms with E-state index in [1.54, 1.807) is 12.1 Å². The van der Waals surface area contributed by atoms with Crippen molar-refractivity contribution in [2.75, 3.05) is 41.4 Å². The molecule has 1 aromatic heterocycles. The molecule has 3 aromatic rings. The summed E-state index contributed by atoms with van der Waals surface area (Å²) in [5.41, 5.74) is 1.96. The number of anilines is 3. The van der Waals surface area contributed by atoms with E-state index in [9.17, 15) is 25.0 Å². The lowest BCUT2D eigenvalue weighted by molar-refractivity contribution is -0.394. The minimum atomic E-state index is -0.977. The monoisotopic (exact) mass is 575 g/mol. The number of esters is 1. The molecule has 2 aliphatic rings. The fourth-order valence-corrected chi connectivity index (χ4v) is 4.79. The van der Waals surface area contributed by atoms with Crippen molar-refractivity contribution < 1.29 is 19.4 Å². The maximum atomic E-state index is 12.7. The summed E-state index contributed by atoms with van der Waals surface area (Å²) in [5, 5.41) is 26.6. The summed E-state index contributed by atoms with van der Waals surface area (Å²) >= 11 is 0. The molecule has 5 rings (SSSR count). The van der Waals surface area contributed by atoms with Crippen molar-refractivity contribution in [2.45, 2.75) is 38.5 Å². The molecular weight excluding hydrogens is 546 g/mol. The van der Waals surface area contributed by atoms with Gasteiger partial charge in [0.25, 0.3) is 11.4 Å². The summed E-state index contributed by atoms with van der Waals surface area (Å²) in [7, 11) is 0. The number of carbonyl (C=O) groups excluding carboxylic acids is 1. The van der Waals surface area contributed by atoms with E-state index in [1.165, 1.54) is 31.2 Å². The van der Waals surface area contributed by atoms with Crippen LogP contribution < -0.4 is 20.0 Å². The number of nitro benzene ring substituents is 2. The van der Waals surface area contributed by atoms with E-state index in [-0.39, 0.29) is 11.3 Å². The Morgan fingerprint density at radius 2 is 1.40 bits per heavy atom. The van der Waals surface area contributed by atoms with E-state index in [2.05, 4.69) is 30.3 Å². The third-order valence-electron chi connectivity index (χ3n) is 6.90. The lowest BCUT2D eigenvalue weighted by Gasteiger charge is -2.30. The van der Waals surface area contributed by atoms with Crippen molar-refractivity contribution in [2.24, 2.45) is 5.10 Å². The van der Waals surface area contributed by atoms with Gasteiger partial charge < -0.3 is 14.5 Å². The van der Waals surface area contributed by atoms with Gasteiger partial charge in [-0.3, -0.25) is 20.2 Å². The number of aromatic nitrogens is 3. The smallest absolute Gasteiger partial charge is 0.344 e. The van der Waals surface area contributed by atoms with E-state index in [0.717, 1.165) is 70.1 Å². The first-order chi connectivity index (χ1) is 20.4. The number of benzene rings is 2. The lowest BCUT2D eigenvalue weighted by Crippen LogP contribution is -2.34. The van der Waals surface area contributed by atoms with Crippen LogP contribution >= 0.6 is 0 Å². The Balaban J connectivity index is 1.30. The van der Waals surface area contributed by atoms with Gasteiger partial charge in [0, 0.05) is 38.3 Å². The van der Waals surface area contributed by atoms with Crippen molar-refractivity contribution in [1.29, 1.82) is 0 Å². The molecule has 0 radical (unpaired) electrons. The van der Waals surface area contributed by atoms with Crippen LogP contribution in [0.3, 0.4) is 0 Å². The highest BCUT2D eigenvalue weighted by atomic mass is 16.6. The van der Waals surface area contributed by atoms with Gasteiger partial charge in [-0.15, -0.1) is 0 Å². The maximum Gasteiger partial charge on any atom is 0.344 e. The first-order valence-electron chi connectivity index (χ1n) is 13.7. The minimum absolute atomic E-state index is 0.123. The summed E-state index contributed by atoms with van der Waals surface area (Å²) in [6.07, 6.45) is 8.23. The highest BCUT2D eigenvalue weighted by Gasteiger charge is 2.22. The second-order valence-electron chi connectivity index (χ2n) is 9.94. The van der Waals surface area contributed by atoms with Gasteiger partial charge in [0.2, 0.25) is 17.8 Å². The molecule has 2 fully saturated rings. The second-order valence-corrected chi connectivity index (χ2v) is 9.94. The number of hydrogen-bond acceptors (Lipinski definition) is 13. The van der Waals surface area contributed by atoms with Crippen molar-refractivity contribution in [1.82, 2.24) is 15.0 Å². The van der Waals surface area contributed by atoms with Crippen molar-refractivity contribution in [3.8, 4) is 5.75 Å². The van der Waals surface area contributed by atoms with Gasteiger partial charge in [-0.2, -0.15) is 20.1 Å². The van der Waals surface area contributed by atoms with Crippen molar-refractivity contribution in [3.05, 3.63) is 73.8 Å². The number of nitrogens with zero attached hydrogens (tertiary/aromatic N) is 8. The van der Waals surface area contributed by atoms with Gasteiger partial charge in [-0.05, 0) is 56.2 Å². The van der Waals surface area contributed by atoms with Crippen LogP contribution in [0.1, 0.15) is 54.4 Å². The molecule has 15 heteroatoms.